The lowest BCUT2D eigenvalue weighted by atomic mass is 9.85. The van der Waals surface area contributed by atoms with E-state index in [1.54, 1.807) is 5.54 Å². The molecule has 0 aliphatic carbocycles. The second-order valence-corrected chi connectivity index (χ2v) is 13.0. The Labute approximate surface area is 275 Å². The zero-order valence-electron chi connectivity index (χ0n) is 28.7. The van der Waals surface area contributed by atoms with E-state index >= 15 is 0 Å². The number of nitrogens with zero attached hydrogens (tertiary/aromatic N) is 3. The second kappa shape index (κ2) is 21.6. The van der Waals surface area contributed by atoms with Crippen LogP contribution >= 0.6 is 11.6 Å². The number of benzene rings is 1. The summed E-state index contributed by atoms with van der Waals surface area (Å²) in [5, 5.41) is 0. The Bertz CT molecular complexity index is 1060. The summed E-state index contributed by atoms with van der Waals surface area (Å²) in [6.07, 6.45) is 18.0. The van der Waals surface area contributed by atoms with Crippen molar-refractivity contribution in [3.8, 4) is 0 Å². The highest BCUT2D eigenvalue weighted by atomic mass is 35.5. The van der Waals surface area contributed by atoms with Gasteiger partial charge in [-0.05, 0) is 101 Å². The number of hydrogen-bond donors (Lipinski definition) is 0. The summed E-state index contributed by atoms with van der Waals surface area (Å²) >= 11 is 6.09. The average Bonchev–Trinajstić information content (AvgIpc) is 3.04. The monoisotopic (exact) mass is 623 g/mol. The molecule has 4 nitrogen and oxygen atoms in total. The summed E-state index contributed by atoms with van der Waals surface area (Å²) in [6.45, 7) is 27.3. The first-order valence-corrected chi connectivity index (χ1v) is 17.9. The maximum Gasteiger partial charge on any atom is 0.150 e. The predicted molar refractivity (Wildman–Crippen MR) is 195 cm³/mol. The lowest BCUT2D eigenvalue weighted by Crippen LogP contribution is -2.41. The molecule has 1 saturated heterocycles. The van der Waals surface area contributed by atoms with Crippen molar-refractivity contribution in [2.45, 2.75) is 98.4 Å². The van der Waals surface area contributed by atoms with Gasteiger partial charge >= 0.3 is 0 Å². The fourth-order valence-electron chi connectivity index (χ4n) is 6.68. The highest BCUT2D eigenvalue weighted by Gasteiger charge is 2.22. The summed E-state index contributed by atoms with van der Waals surface area (Å²) in [6, 6.07) is 6.37. The molecule has 1 aliphatic heterocycles. The van der Waals surface area contributed by atoms with E-state index in [2.05, 4.69) is 92.8 Å². The van der Waals surface area contributed by atoms with Crippen LogP contribution in [-0.4, -0.2) is 67.9 Å². The Balaban J connectivity index is 2.36. The number of carbonyl (C=O) groups is 1. The van der Waals surface area contributed by atoms with Crippen LogP contribution in [0.3, 0.4) is 0 Å². The summed E-state index contributed by atoms with van der Waals surface area (Å²) < 4.78 is 0. The molecule has 1 aliphatic rings. The van der Waals surface area contributed by atoms with Crippen molar-refractivity contribution in [1.82, 2.24) is 9.80 Å². The third kappa shape index (κ3) is 12.7. The van der Waals surface area contributed by atoms with Crippen molar-refractivity contribution < 1.29 is 4.79 Å². The van der Waals surface area contributed by atoms with Crippen molar-refractivity contribution in [1.29, 1.82) is 0 Å². The number of anilines is 1. The summed E-state index contributed by atoms with van der Waals surface area (Å²) in [4.78, 5) is 19.6. The topological polar surface area (TPSA) is 26.8 Å². The Hall–Kier alpha value is -2.14. The van der Waals surface area contributed by atoms with Crippen LogP contribution in [0, 0.1) is 11.8 Å². The van der Waals surface area contributed by atoms with Crippen LogP contribution in [0.25, 0.3) is 5.57 Å². The number of piperidine rings is 1. The van der Waals surface area contributed by atoms with Crippen molar-refractivity contribution in [3.63, 3.8) is 0 Å². The molecule has 1 aromatic carbocycles. The number of rotatable bonds is 22. The van der Waals surface area contributed by atoms with Crippen LogP contribution in [0.1, 0.15) is 108 Å². The van der Waals surface area contributed by atoms with Crippen LogP contribution in [0.15, 0.2) is 60.7 Å². The van der Waals surface area contributed by atoms with Gasteiger partial charge in [-0.3, -0.25) is 9.69 Å². The standard InChI is InChI=1S/C39H62ClN3O/c1-8-12-17-32(5)29-43(39-28-36(31-44)20-21-38(39)34(7)37(15-9-2)16-10-3)27-26-42(33(6)22-23-40)25-14-19-35-18-13-24-41(11-4)30-35/h12,17,20-23,28,31,33,35,37H,5,7-11,13-16,18-19,24-27,29-30H2,1-4,6H3/b17-12-,23-22+. The van der Waals surface area contributed by atoms with Gasteiger partial charge in [-0.15, -0.1) is 0 Å². The largest absolute Gasteiger partial charge is 0.365 e. The molecule has 5 heteroatoms. The van der Waals surface area contributed by atoms with Crippen LogP contribution < -0.4 is 4.90 Å². The summed E-state index contributed by atoms with van der Waals surface area (Å²) in [5.74, 6) is 1.23. The fourth-order valence-corrected chi connectivity index (χ4v) is 6.89. The highest BCUT2D eigenvalue weighted by Crippen LogP contribution is 2.36. The molecule has 1 aromatic rings. The third-order valence-corrected chi connectivity index (χ3v) is 9.43. The molecule has 2 atom stereocenters. The molecule has 0 N–H and O–H groups in total. The zero-order chi connectivity index (χ0) is 32.3. The molecule has 2 unspecified atom stereocenters. The first-order valence-electron chi connectivity index (χ1n) is 17.4. The Morgan fingerprint density at radius 3 is 2.50 bits per heavy atom. The summed E-state index contributed by atoms with van der Waals surface area (Å²) in [5.41, 5.74) is 6.85. The van der Waals surface area contributed by atoms with E-state index < -0.39 is 0 Å². The number of aldehydes is 1. The third-order valence-electron chi connectivity index (χ3n) is 9.29. The molecule has 246 valence electrons. The number of likely N-dealkylation sites (tertiary alicyclic amines) is 1. The molecule has 0 aromatic heterocycles. The minimum Gasteiger partial charge on any atom is -0.365 e. The minimum atomic E-state index is 0.241. The smallest absolute Gasteiger partial charge is 0.150 e. The SMILES string of the molecule is C=C(/C=C\CC)CN(CCN(CCCC1CCCN(CC)C1)C(C)/C=C/Cl)c1cc(C=O)ccc1C(=C)C(CCC)CCC. The minimum absolute atomic E-state index is 0.241. The van der Waals surface area contributed by atoms with Crippen LogP contribution in [0.2, 0.25) is 0 Å². The van der Waals surface area contributed by atoms with E-state index in [4.69, 9.17) is 11.6 Å². The van der Waals surface area contributed by atoms with Gasteiger partial charge in [0, 0.05) is 54.6 Å². The van der Waals surface area contributed by atoms with Gasteiger partial charge in [0.15, 0.2) is 0 Å². The van der Waals surface area contributed by atoms with Gasteiger partial charge in [0.2, 0.25) is 0 Å². The van der Waals surface area contributed by atoms with E-state index in [0.29, 0.717) is 18.0 Å². The molecule has 0 bridgehead atoms. The molecule has 44 heavy (non-hydrogen) atoms. The van der Waals surface area contributed by atoms with Crippen molar-refractivity contribution >= 4 is 29.1 Å². The summed E-state index contributed by atoms with van der Waals surface area (Å²) in [7, 11) is 0. The lowest BCUT2D eigenvalue weighted by Gasteiger charge is -2.35. The molecule has 2 rings (SSSR count). The van der Waals surface area contributed by atoms with Crippen molar-refractivity contribution in [2.24, 2.45) is 11.8 Å². The number of hydrogen-bond acceptors (Lipinski definition) is 4. The van der Waals surface area contributed by atoms with Gasteiger partial charge in [0.05, 0.1) is 0 Å². The molecule has 0 amide bonds. The molecule has 1 fully saturated rings. The molecular weight excluding hydrogens is 562 g/mol. The quantitative estimate of drug-likeness (QED) is 0.0948. The van der Waals surface area contributed by atoms with Gasteiger partial charge in [-0.1, -0.05) is 95.7 Å². The van der Waals surface area contributed by atoms with E-state index in [-0.39, 0.29) is 6.04 Å². The number of allylic oxidation sites excluding steroid dienone is 2. The van der Waals surface area contributed by atoms with Gasteiger partial charge in [-0.2, -0.15) is 0 Å². The van der Waals surface area contributed by atoms with E-state index in [9.17, 15) is 4.79 Å². The maximum atomic E-state index is 12.0. The normalized spacial score (nSPS) is 16.8. The average molecular weight is 624 g/mol. The van der Waals surface area contributed by atoms with Crippen molar-refractivity contribution in [2.75, 3.05) is 50.7 Å². The molecular formula is C39H62ClN3O. The lowest BCUT2D eigenvalue weighted by molar-refractivity contribution is 0.112. The van der Waals surface area contributed by atoms with Crippen molar-refractivity contribution in [3.05, 3.63) is 71.8 Å². The van der Waals surface area contributed by atoms with E-state index in [0.717, 1.165) is 87.3 Å². The van der Waals surface area contributed by atoms with E-state index in [1.807, 2.05) is 6.07 Å². The Morgan fingerprint density at radius 1 is 1.11 bits per heavy atom. The van der Waals surface area contributed by atoms with Crippen LogP contribution in [0.4, 0.5) is 5.69 Å². The fraction of sp³-hybridized carbons (Fsp3) is 0.615. The second-order valence-electron chi connectivity index (χ2n) is 12.7. The van der Waals surface area contributed by atoms with Gasteiger partial charge in [-0.25, -0.2) is 0 Å². The molecule has 0 saturated carbocycles. The van der Waals surface area contributed by atoms with E-state index in [1.165, 1.54) is 44.3 Å². The highest BCUT2D eigenvalue weighted by molar-refractivity contribution is 6.25. The van der Waals surface area contributed by atoms with Crippen LogP contribution in [-0.2, 0) is 0 Å². The predicted octanol–water partition coefficient (Wildman–Crippen LogP) is 10.0. The first-order chi connectivity index (χ1) is 21.3. The first kappa shape index (κ1) is 38.0. The van der Waals surface area contributed by atoms with Gasteiger partial charge < -0.3 is 9.80 Å². The zero-order valence-corrected chi connectivity index (χ0v) is 29.5. The molecule has 0 spiro atoms. The number of halogens is 1. The maximum absolute atomic E-state index is 12.0. The van der Waals surface area contributed by atoms with Gasteiger partial charge in [0.1, 0.15) is 6.29 Å². The Morgan fingerprint density at radius 2 is 1.86 bits per heavy atom. The molecule has 0 radical (unpaired) electrons. The molecule has 1 heterocycles. The van der Waals surface area contributed by atoms with Gasteiger partial charge in [0.25, 0.3) is 0 Å². The Kier molecular flexibility index (Phi) is 18.7. The number of carbonyl (C=O) groups excluding carboxylic acids is 1. The van der Waals surface area contributed by atoms with Crippen LogP contribution in [0.5, 0.6) is 0 Å².